The van der Waals surface area contributed by atoms with Gasteiger partial charge in [-0.1, -0.05) is 55.5 Å². The molecule has 11 aromatic heterocycles. The van der Waals surface area contributed by atoms with Gasteiger partial charge in [0.15, 0.2) is 0 Å². The summed E-state index contributed by atoms with van der Waals surface area (Å²) in [6.45, 7) is 6.22. The number of anilines is 10. The molecule has 5 aliphatic rings. The number of pyridine rings is 9. The second kappa shape index (κ2) is 38.2. The molecule has 692 valence electrons. The summed E-state index contributed by atoms with van der Waals surface area (Å²) < 4.78 is 3.81. The number of carbonyl (C=O) groups is 5. The molecule has 0 aliphatic heterocycles. The molecule has 7 aromatic carbocycles. The van der Waals surface area contributed by atoms with Crippen molar-refractivity contribution in [2.24, 2.45) is 73.3 Å². The first kappa shape index (κ1) is 91.4. The number of benzene rings is 7. The molecular weight excluding hydrogens is 1770 g/mol. The van der Waals surface area contributed by atoms with E-state index in [-0.39, 0.29) is 88.7 Å². The van der Waals surface area contributed by atoms with Crippen molar-refractivity contribution in [2.45, 2.75) is 59.3 Å². The number of nitrogens with zero attached hydrogens (tertiary/aromatic N) is 17. The Morgan fingerprint density at radius 1 is 0.355 bits per heavy atom. The molecule has 0 radical (unpaired) electrons. The van der Waals surface area contributed by atoms with Gasteiger partial charge in [-0.3, -0.25) is 48.6 Å². The minimum absolute atomic E-state index is 0.145. The van der Waals surface area contributed by atoms with Gasteiger partial charge >= 0.3 is 0 Å². The van der Waals surface area contributed by atoms with Gasteiger partial charge < -0.3 is 59.8 Å². The van der Waals surface area contributed by atoms with Gasteiger partial charge in [-0.05, 0) is 244 Å². The van der Waals surface area contributed by atoms with Gasteiger partial charge in [0.05, 0.1) is 130 Å². The minimum atomic E-state index is -0.247. The van der Waals surface area contributed by atoms with E-state index in [1.54, 1.807) is 66.4 Å². The topological polar surface area (TPSA) is 533 Å². The number of hydrogen-bond acceptors (Lipinski definition) is 25. The fourth-order valence-electron chi connectivity index (χ4n) is 17.9. The number of fused-ring (bicyclic) bond motifs is 8. The van der Waals surface area contributed by atoms with Crippen molar-refractivity contribution in [3.63, 3.8) is 0 Å². The van der Waals surface area contributed by atoms with Crippen LogP contribution in [0.25, 0.3) is 142 Å². The van der Waals surface area contributed by atoms with E-state index in [1.165, 1.54) is 11.1 Å². The number of nitrogen functional groups attached to an aromatic ring is 5. The summed E-state index contributed by atoms with van der Waals surface area (Å²) in [6.07, 6.45) is 27.0. The predicted octanol–water partition coefficient (Wildman–Crippen LogP) is 18.2. The molecule has 5 amide bonds. The van der Waals surface area contributed by atoms with Crippen LogP contribution < -0.4 is 55.3 Å². The Bertz CT molecular complexity index is 8240. The standard InChI is InChI=1S/C23H18N6O.C22H18N6O.C22H20N4O.C21H17N7O.C21H18N4O/c1-12-17(10-27-20-3-2-4-26-22(12)20)13-5-14-8-21(28-11-18(14)19(25)7-13)29-23(30)16-6-15(16)9-24;1-28-3-2-15-17(9-25-11-20(15)28)12-4-13-7-21(26-10-18(13)19(24)6-12)27-22(29)16-5-14(16)8-23;1-2-13-5-3-4-6-17(13)14-7-15-10-21(25-12-19(15)20(24)9-14)26-22(27)18-8-16(18)11-23;1-28-19-10-24-7-15(17(19)9-26-28)11-2-12-5-20(25-8-16(12)18(23)4-11)27-21(29)14-3-13(14)6-22;1-12-4-2-3-5-16(12)13-6-14-9-20(24-11-18(14)19(23)8-13)25-21(26)17-7-15(17)10-22/h2-5,7-8,10-11,15-16H,6,25H2,1H3,(H,28,29,30);2-4,6-7,9-11,14,16H,5,24H2,1H3,(H,26,27,29);3-7,9-10,12,16,18H,2,8,24H2,1H3,(H,25,26,27);2,4-5,7-10,13-14H,3,23H2,1H3,(H,25,27,29);2-6,8-9,11,15,17H,7,23H2,1H3,(H,24,25,26)/t15-,16+;;;;/m0..../s1. The molecule has 11 heterocycles. The quantitative estimate of drug-likeness (QED) is 0.0402. The van der Waals surface area contributed by atoms with Gasteiger partial charge in [0.2, 0.25) is 29.5 Å². The summed E-state index contributed by atoms with van der Waals surface area (Å²) in [7, 11) is 3.86. The average Bonchev–Trinajstić information content (AvgIpc) is 1.47. The van der Waals surface area contributed by atoms with Crippen LogP contribution in [0, 0.1) is 130 Å². The molecular formula is C109H91N27O5. The second-order valence-electron chi connectivity index (χ2n) is 36.0. The van der Waals surface area contributed by atoms with Crippen LogP contribution in [-0.4, -0.2) is 88.7 Å². The number of nitrogens with two attached hydrogens (primary N) is 5. The molecule has 141 heavy (non-hydrogen) atoms. The number of rotatable bonds is 16. The highest BCUT2D eigenvalue weighted by atomic mass is 16.2. The lowest BCUT2D eigenvalue weighted by molar-refractivity contribution is -0.118. The highest BCUT2D eigenvalue weighted by Crippen LogP contribution is 2.46. The summed E-state index contributed by atoms with van der Waals surface area (Å²) in [5.41, 5.74) is 51.7. The van der Waals surface area contributed by atoms with Crippen molar-refractivity contribution < 1.29 is 24.0 Å². The Kier molecular flexibility index (Phi) is 24.8. The Labute approximate surface area is 807 Å². The van der Waals surface area contributed by atoms with Crippen LogP contribution in [0.1, 0.15) is 55.7 Å². The zero-order chi connectivity index (χ0) is 98.3. The smallest absolute Gasteiger partial charge is 0.230 e. The second-order valence-corrected chi connectivity index (χ2v) is 36.0. The lowest BCUT2D eigenvalue weighted by atomic mass is 9.95. The Morgan fingerprint density at radius 3 is 1.08 bits per heavy atom. The Balaban J connectivity index is 0.000000112. The molecule has 0 bridgehead atoms. The zero-order valence-corrected chi connectivity index (χ0v) is 77.1. The summed E-state index contributed by atoms with van der Waals surface area (Å²) >= 11 is 0. The highest BCUT2D eigenvalue weighted by Gasteiger charge is 2.47. The third-order valence-electron chi connectivity index (χ3n) is 26.5. The van der Waals surface area contributed by atoms with Crippen molar-refractivity contribution in [3.05, 3.63) is 255 Å². The molecule has 15 N–H and O–H groups in total. The van der Waals surface area contributed by atoms with E-state index >= 15 is 0 Å². The van der Waals surface area contributed by atoms with Crippen LogP contribution >= 0.6 is 0 Å². The molecule has 23 rings (SSSR count). The predicted molar refractivity (Wildman–Crippen MR) is 545 cm³/mol. The first-order chi connectivity index (χ1) is 68.3. The van der Waals surface area contributed by atoms with Crippen LogP contribution in [-0.2, 0) is 44.5 Å². The van der Waals surface area contributed by atoms with E-state index in [1.807, 2.05) is 160 Å². The van der Waals surface area contributed by atoms with Gasteiger partial charge in [0.25, 0.3) is 0 Å². The van der Waals surface area contributed by atoms with E-state index in [0.717, 1.165) is 154 Å². The molecule has 32 nitrogen and oxygen atoms in total. The summed E-state index contributed by atoms with van der Waals surface area (Å²) in [5.74, 6) is -0.558. The molecule has 0 spiro atoms. The van der Waals surface area contributed by atoms with Crippen LogP contribution in [0.3, 0.4) is 0 Å². The zero-order valence-electron chi connectivity index (χ0n) is 77.1. The molecule has 18 aromatic rings. The van der Waals surface area contributed by atoms with Gasteiger partial charge in [-0.15, -0.1) is 0 Å². The maximum absolute atomic E-state index is 12.3. The largest absolute Gasteiger partial charge is 0.398 e. The fourth-order valence-corrected chi connectivity index (χ4v) is 17.9. The number of amides is 5. The lowest BCUT2D eigenvalue weighted by Gasteiger charge is -2.12. The maximum atomic E-state index is 12.3. The van der Waals surface area contributed by atoms with E-state index < -0.39 is 0 Å². The number of hydrogen-bond donors (Lipinski definition) is 10. The van der Waals surface area contributed by atoms with Crippen molar-refractivity contribution in [1.29, 1.82) is 26.3 Å². The highest BCUT2D eigenvalue weighted by molar-refractivity contribution is 6.08. The summed E-state index contributed by atoms with van der Waals surface area (Å²) in [6, 6.07) is 61.8. The summed E-state index contributed by atoms with van der Waals surface area (Å²) in [5, 5.41) is 73.5. The Morgan fingerprint density at radius 2 is 0.702 bits per heavy atom. The van der Waals surface area contributed by atoms with E-state index in [9.17, 15) is 24.0 Å². The van der Waals surface area contributed by atoms with Crippen molar-refractivity contribution >= 4 is 174 Å². The molecule has 8 unspecified atom stereocenters. The first-order valence-corrected chi connectivity index (χ1v) is 45.8. The monoisotopic (exact) mass is 1860 g/mol. The number of carbonyl (C=O) groups excluding carboxylic acids is 5. The lowest BCUT2D eigenvalue weighted by Crippen LogP contribution is -2.15. The molecule has 5 fully saturated rings. The fraction of sp³-hybridized carbons (Fsp3) is 0.193. The van der Waals surface area contributed by atoms with Crippen LogP contribution in [0.4, 0.5) is 57.5 Å². The van der Waals surface area contributed by atoms with E-state index in [0.29, 0.717) is 89.6 Å². The van der Waals surface area contributed by atoms with E-state index in [4.69, 9.17) is 55.0 Å². The van der Waals surface area contributed by atoms with Crippen molar-refractivity contribution in [3.8, 4) is 86.0 Å². The number of aryl methyl sites for hydroxylation is 5. The van der Waals surface area contributed by atoms with Crippen LogP contribution in [0.15, 0.2) is 238 Å². The first-order valence-electron chi connectivity index (χ1n) is 45.8. The van der Waals surface area contributed by atoms with Crippen LogP contribution in [0.2, 0.25) is 0 Å². The SMILES string of the molecule is CCc1ccccc1-c1cc(N)c2cnc(NC(=O)C3CC3C#N)cc2c1.Cc1c(-c2cc(N)c3cnc(NC(=O)[C@@H]4C[C@H]4C#N)cc3c2)cnc2cccnc12.Cc1ccccc1-c1cc(N)c2cnc(NC(=O)C3CC3C#N)cc2c1.Cn1ccc2c(-c3cc(N)c4cnc(NC(=O)C5CC5C#N)cc4c3)cncc21.Cn1ncc2c(-c3cc(N)c4cnc(NC(=O)C5CC5C#N)cc4c3)cncc21. The molecule has 32 heteroatoms. The third-order valence-corrected chi connectivity index (χ3v) is 26.5. The molecule has 5 saturated carbocycles. The molecule has 5 aliphatic carbocycles. The number of nitrogens with one attached hydrogen (secondary N) is 5. The number of aromatic nitrogens is 12. The third kappa shape index (κ3) is 19.1. The number of nitriles is 5. The summed E-state index contributed by atoms with van der Waals surface area (Å²) in [4.78, 5) is 100. The van der Waals surface area contributed by atoms with Gasteiger partial charge in [0, 0.05) is 159 Å². The average molecular weight is 1860 g/mol. The Hall–Kier alpha value is -18.7. The van der Waals surface area contributed by atoms with Gasteiger partial charge in [-0.2, -0.15) is 31.4 Å². The van der Waals surface area contributed by atoms with Crippen molar-refractivity contribution in [1.82, 2.24) is 59.2 Å². The normalized spacial score (nSPS) is 18.0. The van der Waals surface area contributed by atoms with Crippen molar-refractivity contribution in [2.75, 3.05) is 55.3 Å². The minimum Gasteiger partial charge on any atom is -0.398 e. The van der Waals surface area contributed by atoms with Gasteiger partial charge in [0.1, 0.15) is 29.1 Å². The van der Waals surface area contributed by atoms with Crippen LogP contribution in [0.5, 0.6) is 0 Å². The molecule has 0 saturated heterocycles. The van der Waals surface area contributed by atoms with Gasteiger partial charge in [-0.25, -0.2) is 24.9 Å². The maximum Gasteiger partial charge on any atom is 0.230 e. The van der Waals surface area contributed by atoms with E-state index in [2.05, 4.69) is 163 Å². The molecule has 10 atom stereocenters.